The third-order valence-corrected chi connectivity index (χ3v) is 14.6. The second kappa shape index (κ2) is 56.9. The monoisotopic (exact) mass is 1330 g/mol. The summed E-state index contributed by atoms with van der Waals surface area (Å²) in [6.07, 6.45) is 7.15. The molecule has 0 aliphatic carbocycles. The van der Waals surface area contributed by atoms with Crippen LogP contribution in [0.25, 0.3) is 0 Å². The molecule has 0 fully saturated rings. The second-order valence-corrected chi connectivity index (χ2v) is 23.3. The fourth-order valence-corrected chi connectivity index (χ4v) is 7.71. The van der Waals surface area contributed by atoms with E-state index >= 15 is 0 Å². The van der Waals surface area contributed by atoms with E-state index in [0.29, 0.717) is 108 Å². The molecule has 0 bridgehead atoms. The number of hydrogen-bond acceptors (Lipinski definition) is 23. The van der Waals surface area contributed by atoms with Crippen molar-refractivity contribution in [2.45, 2.75) is 214 Å². The predicted molar refractivity (Wildman–Crippen MR) is 353 cm³/mol. The summed E-state index contributed by atoms with van der Waals surface area (Å²) >= 11 is 0. The van der Waals surface area contributed by atoms with Crippen molar-refractivity contribution in [2.24, 2.45) is 27.7 Å². The molecule has 16 N–H and O–H groups in total. The van der Waals surface area contributed by atoms with E-state index in [1.165, 1.54) is 0 Å². The number of hydroxylamine groups is 1. The van der Waals surface area contributed by atoms with Gasteiger partial charge < -0.3 is 93.5 Å². The summed E-state index contributed by atoms with van der Waals surface area (Å²) in [4.78, 5) is 136. The number of nitrogens with two attached hydrogens (primary N) is 2. The summed E-state index contributed by atoms with van der Waals surface area (Å²) in [7, 11) is 3.31. The molecule has 0 heterocycles. The molecule has 0 rings (SSSR count). The largest absolute Gasteiger partial charge is 0.411 e. The van der Waals surface area contributed by atoms with Gasteiger partial charge in [-0.05, 0) is 134 Å². The predicted octanol–water partition coefficient (Wildman–Crippen LogP) is 1.01. The first kappa shape index (κ1) is 90.6. The van der Waals surface area contributed by atoms with Gasteiger partial charge in [-0.15, -0.1) is 0 Å². The SMILES string of the molecule is CCC(C)=O.CCC(C)=O.CNC(CCCCNC(=O)[C@H](CCCCNC(=O)CCCC(=O)NOCCOCC(=O)NCCOCCOCC(=O)NCCCC[C@H](NC)C(N)=O)CC(=O)CCCC(=O)NC(CNC(C)(C)/C(C)=N/O)CNC(C)(C)/C(C)=N/O)C(N)=O. The molecule has 0 saturated heterocycles. The minimum atomic E-state index is -0.689. The van der Waals surface area contributed by atoms with Gasteiger partial charge in [0.05, 0.1) is 73.7 Å². The van der Waals surface area contributed by atoms with Gasteiger partial charge in [-0.25, -0.2) is 5.48 Å². The number of Topliss-reactive ketones (excluding diaryl/α,β-unsaturated/α-hetero) is 3. The van der Waals surface area contributed by atoms with Crippen LogP contribution in [-0.4, -0.2) is 215 Å². The first-order chi connectivity index (χ1) is 44.0. The fourth-order valence-electron chi connectivity index (χ4n) is 7.71. The standard InChI is InChI=1S/C54H102N14O15.2C4H8O/c1-38(66-78)53(3,4)63-34-41(35-64-54(5,6)39(2)67-79)65-46(71)22-15-18-42(69)33-40(52(77)62-26-14-11-20-44(58-8)51(56)76)17-9-12-24-59-45(70)21-16-23-47(72)68-83-32-31-82-37-49(74)61-27-28-80-29-30-81-36-48(73)60-25-13-10-19-43(57-7)50(55)75;2*1-3-4(2)5/h40-41,43-44,57-58,63-64,78-79H,9-37H2,1-8H3,(H2,55,75)(H2,56,76)(H,59,70)(H,60,73)(H,61,74)(H,62,77)(H,65,71)(H,68,72);2*3H2,1-2H3/b66-38+,67-39+;;/t40-,43+,44?;;/m1../s1. The summed E-state index contributed by atoms with van der Waals surface area (Å²) < 4.78 is 15.9. The zero-order valence-electron chi connectivity index (χ0n) is 57.8. The van der Waals surface area contributed by atoms with E-state index in [9.17, 15) is 63.2 Å². The summed E-state index contributed by atoms with van der Waals surface area (Å²) in [5.41, 5.74) is 12.5. The number of unbranched alkanes of at least 4 members (excludes halogenated alkanes) is 3. The Kier molecular flexibility index (Phi) is 55.4. The van der Waals surface area contributed by atoms with E-state index in [4.69, 9.17) is 30.5 Å². The molecule has 31 heteroatoms. The minimum Gasteiger partial charge on any atom is -0.411 e. The Morgan fingerprint density at radius 3 is 1.35 bits per heavy atom. The molecule has 0 aromatic carbocycles. The second-order valence-electron chi connectivity index (χ2n) is 23.3. The topological polar surface area (TPSA) is 462 Å². The van der Waals surface area contributed by atoms with Crippen LogP contribution >= 0.6 is 0 Å². The van der Waals surface area contributed by atoms with Crippen molar-refractivity contribution in [1.29, 1.82) is 0 Å². The number of ether oxygens (including phenoxy) is 3. The first-order valence-electron chi connectivity index (χ1n) is 32.3. The number of oxime groups is 2. The van der Waals surface area contributed by atoms with Crippen LogP contribution < -0.4 is 64.8 Å². The van der Waals surface area contributed by atoms with Gasteiger partial charge in [-0.2, -0.15) is 0 Å². The number of carbonyl (C=O) groups excluding carboxylic acids is 11. The Bertz CT molecular complexity index is 2190. The van der Waals surface area contributed by atoms with Gasteiger partial charge in [0, 0.05) is 90.1 Å². The smallest absolute Gasteiger partial charge is 0.246 e. The molecule has 0 saturated carbocycles. The normalized spacial score (nSPS) is 12.6. The van der Waals surface area contributed by atoms with E-state index in [0.717, 1.165) is 6.42 Å². The van der Waals surface area contributed by atoms with E-state index in [1.54, 1.807) is 41.8 Å². The number of primary amides is 2. The molecule has 0 aromatic heterocycles. The molecular formula is C62H118N14O17. The van der Waals surface area contributed by atoms with Crippen LogP contribution in [0.1, 0.15) is 185 Å². The van der Waals surface area contributed by atoms with Crippen molar-refractivity contribution in [3.05, 3.63) is 0 Å². The van der Waals surface area contributed by atoms with Gasteiger partial charge in [0.15, 0.2) is 0 Å². The Labute approximate surface area is 551 Å². The number of nitrogens with one attached hydrogen (secondary N) is 10. The van der Waals surface area contributed by atoms with Gasteiger partial charge >= 0.3 is 0 Å². The van der Waals surface area contributed by atoms with Crippen LogP contribution in [0.15, 0.2) is 10.3 Å². The van der Waals surface area contributed by atoms with Crippen molar-refractivity contribution in [3.63, 3.8) is 0 Å². The summed E-state index contributed by atoms with van der Waals surface area (Å²) in [5.74, 6) is -3.11. The molecule has 0 aromatic rings. The highest BCUT2D eigenvalue weighted by Gasteiger charge is 2.28. The van der Waals surface area contributed by atoms with Crippen molar-refractivity contribution in [3.8, 4) is 0 Å². The number of amides is 8. The van der Waals surface area contributed by atoms with Crippen molar-refractivity contribution in [2.75, 3.05) is 99.6 Å². The molecule has 3 atom stereocenters. The van der Waals surface area contributed by atoms with Crippen molar-refractivity contribution in [1.82, 2.24) is 53.3 Å². The van der Waals surface area contributed by atoms with Crippen LogP contribution in [0, 0.1) is 5.92 Å². The number of nitrogens with zero attached hydrogens (tertiary/aromatic N) is 2. The van der Waals surface area contributed by atoms with Gasteiger partial charge in [0.2, 0.25) is 47.3 Å². The molecule has 8 amide bonds. The van der Waals surface area contributed by atoms with Gasteiger partial charge in [0.1, 0.15) is 30.6 Å². The number of likely N-dealkylation sites (N-methyl/N-ethyl adjacent to an activating group) is 2. The fraction of sp³-hybridized carbons (Fsp3) is 0.790. The maximum absolute atomic E-state index is 13.4. The summed E-state index contributed by atoms with van der Waals surface area (Å²) in [5, 5.41) is 51.7. The van der Waals surface area contributed by atoms with E-state index in [-0.39, 0.29) is 145 Å². The molecular weight excluding hydrogens is 1210 g/mol. The zero-order valence-corrected chi connectivity index (χ0v) is 57.8. The Morgan fingerprint density at radius 2 is 0.892 bits per heavy atom. The molecule has 0 radical (unpaired) electrons. The van der Waals surface area contributed by atoms with Crippen LogP contribution in [0.3, 0.4) is 0 Å². The zero-order chi connectivity index (χ0) is 71.0. The lowest BCUT2D eigenvalue weighted by atomic mass is 9.93. The maximum Gasteiger partial charge on any atom is 0.246 e. The Morgan fingerprint density at radius 1 is 0.484 bits per heavy atom. The summed E-state index contributed by atoms with van der Waals surface area (Å²) in [6.45, 7) is 19.8. The molecule has 0 spiro atoms. The van der Waals surface area contributed by atoms with Crippen LogP contribution in [0.4, 0.5) is 0 Å². The van der Waals surface area contributed by atoms with Crippen LogP contribution in [0.5, 0.6) is 0 Å². The van der Waals surface area contributed by atoms with Crippen molar-refractivity contribution >= 4 is 76.0 Å². The number of ketones is 3. The quantitative estimate of drug-likeness (QED) is 0.0175. The first-order valence-corrected chi connectivity index (χ1v) is 32.3. The lowest BCUT2D eigenvalue weighted by molar-refractivity contribution is -0.136. The number of hydrogen-bond donors (Lipinski definition) is 14. The lowest BCUT2D eigenvalue weighted by Crippen LogP contribution is -2.57. The molecule has 0 aliphatic rings. The Hall–Kier alpha value is -6.61. The van der Waals surface area contributed by atoms with Crippen LogP contribution in [-0.2, 0) is 71.8 Å². The molecule has 1 unspecified atom stereocenters. The van der Waals surface area contributed by atoms with Gasteiger partial charge in [-0.1, -0.05) is 30.6 Å². The van der Waals surface area contributed by atoms with Gasteiger partial charge in [-0.3, -0.25) is 48.0 Å². The number of carbonyl (C=O) groups is 11. The summed E-state index contributed by atoms with van der Waals surface area (Å²) in [6, 6.07) is -1.31. The average Bonchev–Trinajstić information content (AvgIpc) is 1.16. The maximum atomic E-state index is 13.4. The molecule has 93 heavy (non-hydrogen) atoms. The van der Waals surface area contributed by atoms with E-state index in [2.05, 4.69) is 63.6 Å². The average molecular weight is 1330 g/mol. The van der Waals surface area contributed by atoms with Gasteiger partial charge in [0.25, 0.3) is 0 Å². The molecule has 31 nitrogen and oxygen atoms in total. The third-order valence-electron chi connectivity index (χ3n) is 14.6. The number of rotatable bonds is 55. The minimum absolute atomic E-state index is 0.0209. The highest BCUT2D eigenvalue weighted by molar-refractivity contribution is 5.91. The highest BCUT2D eigenvalue weighted by atomic mass is 16.7. The third kappa shape index (κ3) is 53.5. The van der Waals surface area contributed by atoms with E-state index in [1.807, 2.05) is 41.5 Å². The molecule has 0 aliphatic heterocycles. The lowest BCUT2D eigenvalue weighted by Gasteiger charge is -2.32. The highest BCUT2D eigenvalue weighted by Crippen LogP contribution is 2.17. The Balaban J connectivity index is -0.00000746. The van der Waals surface area contributed by atoms with Crippen LogP contribution in [0.2, 0.25) is 0 Å². The van der Waals surface area contributed by atoms with Crippen molar-refractivity contribution < 1.29 is 82.2 Å². The van der Waals surface area contributed by atoms with E-state index < -0.39 is 52.8 Å². The molecule has 538 valence electrons.